The molecule has 5 heteroatoms. The number of nitrogens with two attached hydrogens (primary N) is 1. The van der Waals surface area contributed by atoms with Crippen LogP contribution in [0.3, 0.4) is 0 Å². The molecule has 2 rings (SSSR count). The van der Waals surface area contributed by atoms with Crippen molar-refractivity contribution in [2.75, 3.05) is 5.73 Å². The first-order chi connectivity index (χ1) is 8.15. The standard InChI is InChI=1S/C12H12Br2N2S/c13-9-2-1-8(11(15)5-9)6-16-7-10-3-4-12(14)17-10/h1-5,16H,6-7,15H2. The second kappa shape index (κ2) is 6.00. The maximum absolute atomic E-state index is 5.93. The topological polar surface area (TPSA) is 38.0 Å². The van der Waals surface area contributed by atoms with E-state index >= 15 is 0 Å². The van der Waals surface area contributed by atoms with Crippen LogP contribution in [0.5, 0.6) is 0 Å². The summed E-state index contributed by atoms with van der Waals surface area (Å²) in [6, 6.07) is 10.2. The summed E-state index contributed by atoms with van der Waals surface area (Å²) in [5.74, 6) is 0. The molecule has 0 amide bonds. The molecule has 17 heavy (non-hydrogen) atoms. The summed E-state index contributed by atoms with van der Waals surface area (Å²) in [5.41, 5.74) is 7.88. The zero-order chi connectivity index (χ0) is 12.3. The van der Waals surface area contributed by atoms with Crippen LogP contribution in [0.25, 0.3) is 0 Å². The molecule has 1 aromatic carbocycles. The van der Waals surface area contributed by atoms with Crippen molar-refractivity contribution >= 4 is 48.9 Å². The molecule has 0 unspecified atom stereocenters. The van der Waals surface area contributed by atoms with E-state index in [1.165, 1.54) is 4.88 Å². The maximum Gasteiger partial charge on any atom is 0.0701 e. The van der Waals surface area contributed by atoms with Gasteiger partial charge in [-0.15, -0.1) is 11.3 Å². The first kappa shape index (κ1) is 13.1. The predicted octanol–water partition coefficient (Wildman–Crippen LogP) is 4.15. The van der Waals surface area contributed by atoms with Gasteiger partial charge in [-0.05, 0) is 45.8 Å². The van der Waals surface area contributed by atoms with Gasteiger partial charge in [0, 0.05) is 28.1 Å². The molecule has 3 N–H and O–H groups in total. The maximum atomic E-state index is 5.93. The third-order valence-electron chi connectivity index (χ3n) is 2.35. The van der Waals surface area contributed by atoms with Crippen molar-refractivity contribution in [3.05, 3.63) is 49.0 Å². The van der Waals surface area contributed by atoms with E-state index in [1.807, 2.05) is 18.2 Å². The molecule has 0 spiro atoms. The molecule has 0 atom stereocenters. The van der Waals surface area contributed by atoms with Gasteiger partial charge in [0.1, 0.15) is 0 Å². The molecule has 0 aliphatic carbocycles. The minimum absolute atomic E-state index is 0.786. The number of hydrogen-bond acceptors (Lipinski definition) is 3. The van der Waals surface area contributed by atoms with Crippen LogP contribution in [0, 0.1) is 0 Å². The van der Waals surface area contributed by atoms with Crippen LogP contribution in [0.15, 0.2) is 38.6 Å². The minimum Gasteiger partial charge on any atom is -0.398 e. The lowest BCUT2D eigenvalue weighted by atomic mass is 10.2. The van der Waals surface area contributed by atoms with E-state index in [0.29, 0.717) is 0 Å². The third-order valence-corrected chi connectivity index (χ3v) is 4.47. The monoisotopic (exact) mass is 374 g/mol. The lowest BCUT2D eigenvalue weighted by Crippen LogP contribution is -2.13. The summed E-state index contributed by atoms with van der Waals surface area (Å²) < 4.78 is 2.18. The number of nitrogens with one attached hydrogen (secondary N) is 1. The molecule has 0 aliphatic heterocycles. The second-order valence-corrected chi connectivity index (χ2v) is 7.12. The Morgan fingerprint density at radius 2 is 1.94 bits per heavy atom. The Morgan fingerprint density at radius 3 is 2.59 bits per heavy atom. The number of nitrogen functional groups attached to an aromatic ring is 1. The normalized spacial score (nSPS) is 10.7. The van der Waals surface area contributed by atoms with Gasteiger partial charge in [0.05, 0.1) is 3.79 Å². The quantitative estimate of drug-likeness (QED) is 0.788. The van der Waals surface area contributed by atoms with Crippen molar-refractivity contribution in [3.8, 4) is 0 Å². The fourth-order valence-electron chi connectivity index (χ4n) is 1.49. The molecule has 2 nitrogen and oxygen atoms in total. The highest BCUT2D eigenvalue weighted by Gasteiger charge is 2.01. The Labute approximate surface area is 121 Å². The van der Waals surface area contributed by atoms with Gasteiger partial charge in [0.15, 0.2) is 0 Å². The lowest BCUT2D eigenvalue weighted by Gasteiger charge is -2.07. The summed E-state index contributed by atoms with van der Waals surface area (Å²) >= 11 is 8.60. The Morgan fingerprint density at radius 1 is 1.12 bits per heavy atom. The predicted molar refractivity (Wildman–Crippen MR) is 81.1 cm³/mol. The van der Waals surface area contributed by atoms with Gasteiger partial charge in [-0.3, -0.25) is 0 Å². The summed E-state index contributed by atoms with van der Waals surface area (Å²) in [6.45, 7) is 1.65. The number of benzene rings is 1. The minimum atomic E-state index is 0.786. The van der Waals surface area contributed by atoms with Gasteiger partial charge in [-0.1, -0.05) is 22.0 Å². The van der Waals surface area contributed by atoms with Gasteiger partial charge in [-0.2, -0.15) is 0 Å². The molecular weight excluding hydrogens is 364 g/mol. The van der Waals surface area contributed by atoms with E-state index in [-0.39, 0.29) is 0 Å². The summed E-state index contributed by atoms with van der Waals surface area (Å²) in [5, 5.41) is 3.39. The molecule has 90 valence electrons. The Hall–Kier alpha value is -0.360. The molecule has 0 saturated heterocycles. The zero-order valence-electron chi connectivity index (χ0n) is 9.04. The highest BCUT2D eigenvalue weighted by Crippen LogP contribution is 2.22. The summed E-state index contributed by atoms with van der Waals surface area (Å²) in [7, 11) is 0. The summed E-state index contributed by atoms with van der Waals surface area (Å²) in [4.78, 5) is 1.31. The van der Waals surface area contributed by atoms with E-state index in [1.54, 1.807) is 11.3 Å². The molecule has 0 radical (unpaired) electrons. The molecular formula is C12H12Br2N2S. The van der Waals surface area contributed by atoms with Crippen molar-refractivity contribution in [2.45, 2.75) is 13.1 Å². The van der Waals surface area contributed by atoms with Crippen molar-refractivity contribution < 1.29 is 0 Å². The fourth-order valence-corrected chi connectivity index (χ4v) is 3.33. The summed E-state index contributed by atoms with van der Waals surface area (Å²) in [6.07, 6.45) is 0. The van der Waals surface area contributed by atoms with Gasteiger partial charge in [0.25, 0.3) is 0 Å². The van der Waals surface area contributed by atoms with Gasteiger partial charge in [-0.25, -0.2) is 0 Å². The van der Waals surface area contributed by atoms with Gasteiger partial charge >= 0.3 is 0 Å². The van der Waals surface area contributed by atoms with Crippen LogP contribution in [0.4, 0.5) is 5.69 Å². The molecule has 2 aromatic rings. The molecule has 0 saturated carbocycles. The van der Waals surface area contributed by atoms with E-state index in [0.717, 1.165) is 32.6 Å². The first-order valence-corrected chi connectivity index (χ1v) is 7.54. The molecule has 0 aliphatic rings. The van der Waals surface area contributed by atoms with Crippen molar-refractivity contribution in [2.24, 2.45) is 0 Å². The van der Waals surface area contributed by atoms with Crippen molar-refractivity contribution in [3.63, 3.8) is 0 Å². The average molecular weight is 376 g/mol. The van der Waals surface area contributed by atoms with Crippen LogP contribution in [0.1, 0.15) is 10.4 Å². The molecule has 0 bridgehead atoms. The van der Waals surface area contributed by atoms with E-state index in [2.05, 4.69) is 49.3 Å². The molecule has 1 heterocycles. The number of halogens is 2. The van der Waals surface area contributed by atoms with Gasteiger partial charge in [0.2, 0.25) is 0 Å². The number of anilines is 1. The Balaban J connectivity index is 1.90. The third kappa shape index (κ3) is 3.81. The highest BCUT2D eigenvalue weighted by atomic mass is 79.9. The molecule has 1 aromatic heterocycles. The average Bonchev–Trinajstić information content (AvgIpc) is 2.68. The van der Waals surface area contributed by atoms with Crippen LogP contribution in [-0.4, -0.2) is 0 Å². The van der Waals surface area contributed by atoms with Crippen LogP contribution in [-0.2, 0) is 13.1 Å². The van der Waals surface area contributed by atoms with E-state index < -0.39 is 0 Å². The lowest BCUT2D eigenvalue weighted by molar-refractivity contribution is 0.702. The SMILES string of the molecule is Nc1cc(Br)ccc1CNCc1ccc(Br)s1. The second-order valence-electron chi connectivity index (χ2n) is 3.65. The fraction of sp³-hybridized carbons (Fsp3) is 0.167. The molecule has 0 fully saturated rings. The van der Waals surface area contributed by atoms with E-state index in [4.69, 9.17) is 5.73 Å². The highest BCUT2D eigenvalue weighted by molar-refractivity contribution is 9.11. The number of rotatable bonds is 4. The van der Waals surface area contributed by atoms with Crippen molar-refractivity contribution in [1.82, 2.24) is 5.32 Å². The Kier molecular flexibility index (Phi) is 4.62. The zero-order valence-corrected chi connectivity index (χ0v) is 13.0. The van der Waals surface area contributed by atoms with Crippen LogP contribution in [0.2, 0.25) is 0 Å². The number of hydrogen-bond donors (Lipinski definition) is 2. The number of thiophene rings is 1. The van der Waals surface area contributed by atoms with Gasteiger partial charge < -0.3 is 11.1 Å². The smallest absolute Gasteiger partial charge is 0.0701 e. The Bertz CT molecular complexity index is 511. The van der Waals surface area contributed by atoms with Crippen LogP contribution < -0.4 is 11.1 Å². The van der Waals surface area contributed by atoms with E-state index in [9.17, 15) is 0 Å². The first-order valence-electron chi connectivity index (χ1n) is 5.14. The largest absolute Gasteiger partial charge is 0.398 e. The van der Waals surface area contributed by atoms with Crippen molar-refractivity contribution in [1.29, 1.82) is 0 Å². The van der Waals surface area contributed by atoms with Crippen LogP contribution >= 0.6 is 43.2 Å².